The molecule has 1 aliphatic rings. The molecule has 2 aromatic carbocycles. The van der Waals surface area contributed by atoms with E-state index in [9.17, 15) is 4.79 Å². The first-order valence-electron chi connectivity index (χ1n) is 7.73. The highest BCUT2D eigenvalue weighted by Crippen LogP contribution is 2.24. The van der Waals surface area contributed by atoms with Crippen LogP contribution in [-0.4, -0.2) is 25.2 Å². The average molecular weight is 366 g/mol. The molecule has 0 radical (unpaired) electrons. The first-order chi connectivity index (χ1) is 11.6. The van der Waals surface area contributed by atoms with Crippen molar-refractivity contribution in [1.82, 2.24) is 0 Å². The molecule has 1 heterocycles. The Hall–Kier alpha value is -1.75. The zero-order chi connectivity index (χ0) is 16.9. The lowest BCUT2D eigenvalue weighted by Crippen LogP contribution is -2.16. The summed E-state index contributed by atoms with van der Waals surface area (Å²) in [5.41, 5.74) is 0.954. The molecule has 1 atom stereocenters. The number of nitrogens with one attached hydrogen (secondary N) is 1. The fourth-order valence-corrected chi connectivity index (χ4v) is 2.87. The van der Waals surface area contributed by atoms with Gasteiger partial charge < -0.3 is 14.8 Å². The van der Waals surface area contributed by atoms with E-state index in [2.05, 4.69) is 5.32 Å². The Morgan fingerprint density at radius 3 is 2.92 bits per heavy atom. The van der Waals surface area contributed by atoms with Crippen LogP contribution in [0, 0.1) is 0 Å². The molecule has 2 aromatic rings. The Labute approximate surface area is 150 Å². The molecule has 4 nitrogen and oxygen atoms in total. The third-order valence-electron chi connectivity index (χ3n) is 3.72. The quantitative estimate of drug-likeness (QED) is 0.827. The minimum Gasteiger partial charge on any atom is -0.491 e. The average Bonchev–Trinajstić information content (AvgIpc) is 3.09. The van der Waals surface area contributed by atoms with Crippen molar-refractivity contribution in [2.24, 2.45) is 0 Å². The molecule has 0 spiro atoms. The van der Waals surface area contributed by atoms with Gasteiger partial charge in [0.2, 0.25) is 0 Å². The number of benzene rings is 2. The van der Waals surface area contributed by atoms with Gasteiger partial charge >= 0.3 is 0 Å². The van der Waals surface area contributed by atoms with Crippen LogP contribution < -0.4 is 10.1 Å². The summed E-state index contributed by atoms with van der Waals surface area (Å²) < 4.78 is 11.3. The zero-order valence-electron chi connectivity index (χ0n) is 12.9. The third kappa shape index (κ3) is 4.41. The highest BCUT2D eigenvalue weighted by atomic mass is 35.5. The SMILES string of the molecule is O=C(Nc1cccc(OCC2CCCO2)c1)c1cc(Cl)ccc1Cl. The Morgan fingerprint density at radius 2 is 2.12 bits per heavy atom. The van der Waals surface area contributed by atoms with Gasteiger partial charge in [-0.2, -0.15) is 0 Å². The number of rotatable bonds is 5. The number of carbonyl (C=O) groups excluding carboxylic acids is 1. The summed E-state index contributed by atoms with van der Waals surface area (Å²) in [5, 5.41) is 3.61. The molecule has 3 rings (SSSR count). The molecule has 0 saturated carbocycles. The Kier molecular flexibility index (Phi) is 5.61. The fraction of sp³-hybridized carbons (Fsp3) is 0.278. The molecule has 6 heteroatoms. The maximum atomic E-state index is 12.4. The Bertz CT molecular complexity index is 730. The Balaban J connectivity index is 1.65. The van der Waals surface area contributed by atoms with Crippen LogP contribution in [0.25, 0.3) is 0 Å². The molecular weight excluding hydrogens is 349 g/mol. The van der Waals surface area contributed by atoms with Gasteiger partial charge in [-0.15, -0.1) is 0 Å². The molecule has 1 fully saturated rings. The first kappa shape index (κ1) is 17.1. The van der Waals surface area contributed by atoms with Gasteiger partial charge in [-0.25, -0.2) is 0 Å². The van der Waals surface area contributed by atoms with E-state index in [4.69, 9.17) is 32.7 Å². The second kappa shape index (κ2) is 7.88. The van der Waals surface area contributed by atoms with Crippen molar-refractivity contribution >= 4 is 34.8 Å². The van der Waals surface area contributed by atoms with Gasteiger partial charge in [0.05, 0.1) is 16.7 Å². The van der Waals surface area contributed by atoms with E-state index in [1.165, 1.54) is 6.07 Å². The number of halogens is 2. The molecule has 0 aliphatic carbocycles. The van der Waals surface area contributed by atoms with E-state index < -0.39 is 0 Å². The van der Waals surface area contributed by atoms with E-state index in [0.29, 0.717) is 33.7 Å². The van der Waals surface area contributed by atoms with Crippen molar-refractivity contribution in [1.29, 1.82) is 0 Å². The molecule has 1 saturated heterocycles. The molecule has 0 aromatic heterocycles. The van der Waals surface area contributed by atoms with Gasteiger partial charge in [-0.05, 0) is 43.2 Å². The van der Waals surface area contributed by atoms with Crippen LogP contribution in [-0.2, 0) is 4.74 Å². The van der Waals surface area contributed by atoms with Crippen LogP contribution in [0.15, 0.2) is 42.5 Å². The Morgan fingerprint density at radius 1 is 1.25 bits per heavy atom. The van der Waals surface area contributed by atoms with Crippen LogP contribution in [0.5, 0.6) is 5.75 Å². The van der Waals surface area contributed by atoms with Gasteiger partial charge in [0, 0.05) is 23.4 Å². The van der Waals surface area contributed by atoms with E-state index in [1.807, 2.05) is 12.1 Å². The van der Waals surface area contributed by atoms with Crippen molar-refractivity contribution in [2.75, 3.05) is 18.5 Å². The maximum Gasteiger partial charge on any atom is 0.257 e. The van der Waals surface area contributed by atoms with Gasteiger partial charge in [0.25, 0.3) is 5.91 Å². The normalized spacial score (nSPS) is 16.8. The van der Waals surface area contributed by atoms with Gasteiger partial charge in [-0.3, -0.25) is 4.79 Å². The minimum atomic E-state index is -0.321. The van der Waals surface area contributed by atoms with E-state index in [0.717, 1.165) is 19.4 Å². The van der Waals surface area contributed by atoms with Crippen molar-refractivity contribution in [3.05, 3.63) is 58.1 Å². The largest absolute Gasteiger partial charge is 0.491 e. The van der Waals surface area contributed by atoms with Gasteiger partial charge in [-0.1, -0.05) is 29.3 Å². The molecule has 1 aliphatic heterocycles. The topological polar surface area (TPSA) is 47.6 Å². The van der Waals surface area contributed by atoms with Crippen molar-refractivity contribution in [3.63, 3.8) is 0 Å². The second-order valence-electron chi connectivity index (χ2n) is 5.55. The van der Waals surface area contributed by atoms with Crippen LogP contribution in [0.1, 0.15) is 23.2 Å². The number of anilines is 1. The summed E-state index contributed by atoms with van der Waals surface area (Å²) in [6.07, 6.45) is 2.24. The standard InChI is InChI=1S/C18H17Cl2NO3/c19-12-6-7-17(20)16(9-12)18(22)21-13-3-1-4-14(10-13)24-11-15-5-2-8-23-15/h1,3-4,6-7,9-10,15H,2,5,8,11H2,(H,21,22). The summed E-state index contributed by atoms with van der Waals surface area (Å²) >= 11 is 12.0. The lowest BCUT2D eigenvalue weighted by Gasteiger charge is -2.13. The summed E-state index contributed by atoms with van der Waals surface area (Å²) in [6, 6.07) is 12.0. The maximum absolute atomic E-state index is 12.4. The predicted molar refractivity (Wildman–Crippen MR) is 95.3 cm³/mol. The molecule has 126 valence electrons. The molecule has 1 amide bonds. The van der Waals surface area contributed by atoms with Crippen LogP contribution >= 0.6 is 23.2 Å². The molecule has 24 heavy (non-hydrogen) atoms. The van der Waals surface area contributed by atoms with Crippen molar-refractivity contribution in [2.45, 2.75) is 18.9 Å². The zero-order valence-corrected chi connectivity index (χ0v) is 14.4. The van der Waals surface area contributed by atoms with Gasteiger partial charge in [0.15, 0.2) is 0 Å². The highest BCUT2D eigenvalue weighted by Gasteiger charge is 2.16. The first-order valence-corrected chi connectivity index (χ1v) is 8.48. The number of amides is 1. The van der Waals surface area contributed by atoms with Crippen LogP contribution in [0.3, 0.4) is 0 Å². The molecular formula is C18H17Cl2NO3. The smallest absolute Gasteiger partial charge is 0.257 e. The summed E-state index contributed by atoms with van der Waals surface area (Å²) in [6.45, 7) is 1.31. The van der Waals surface area contributed by atoms with Crippen molar-refractivity contribution < 1.29 is 14.3 Å². The number of ether oxygens (including phenoxy) is 2. The van der Waals surface area contributed by atoms with Gasteiger partial charge in [0.1, 0.15) is 12.4 Å². The van der Waals surface area contributed by atoms with E-state index in [-0.39, 0.29) is 12.0 Å². The summed E-state index contributed by atoms with van der Waals surface area (Å²) in [5.74, 6) is 0.360. The molecule has 1 unspecified atom stereocenters. The monoisotopic (exact) mass is 365 g/mol. The van der Waals surface area contributed by atoms with E-state index in [1.54, 1.807) is 24.3 Å². The number of hydrogen-bond donors (Lipinski definition) is 1. The molecule has 0 bridgehead atoms. The number of carbonyl (C=O) groups is 1. The molecule has 1 N–H and O–H groups in total. The minimum absolute atomic E-state index is 0.147. The summed E-state index contributed by atoms with van der Waals surface area (Å²) in [7, 11) is 0. The van der Waals surface area contributed by atoms with E-state index >= 15 is 0 Å². The predicted octanol–water partition coefficient (Wildman–Crippen LogP) is 4.80. The van der Waals surface area contributed by atoms with Crippen LogP contribution in [0.2, 0.25) is 10.0 Å². The third-order valence-corrected chi connectivity index (χ3v) is 4.29. The lowest BCUT2D eigenvalue weighted by molar-refractivity contribution is 0.0680. The van der Waals surface area contributed by atoms with Crippen molar-refractivity contribution in [3.8, 4) is 5.75 Å². The fourth-order valence-electron chi connectivity index (χ4n) is 2.50. The number of hydrogen-bond acceptors (Lipinski definition) is 3. The summed E-state index contributed by atoms with van der Waals surface area (Å²) in [4.78, 5) is 12.4. The highest BCUT2D eigenvalue weighted by molar-refractivity contribution is 6.36. The van der Waals surface area contributed by atoms with Crippen LogP contribution in [0.4, 0.5) is 5.69 Å². The second-order valence-corrected chi connectivity index (χ2v) is 6.40. The lowest BCUT2D eigenvalue weighted by atomic mass is 10.2.